The molecule has 1 N–H and O–H groups in total. The van der Waals surface area contributed by atoms with Crippen molar-refractivity contribution in [1.29, 1.82) is 0 Å². The van der Waals surface area contributed by atoms with Gasteiger partial charge in [-0.1, -0.05) is 42.5 Å². The number of nitrogens with one attached hydrogen (secondary N) is 1. The van der Waals surface area contributed by atoms with Crippen LogP contribution in [-0.4, -0.2) is 59.5 Å². The Morgan fingerprint density at radius 3 is 2.49 bits per heavy atom. The average Bonchev–Trinajstić information content (AvgIpc) is 3.04. The quantitative estimate of drug-likeness (QED) is 0.415. The van der Waals surface area contributed by atoms with Gasteiger partial charge in [-0.3, -0.25) is 19.5 Å². The standard InChI is InChI=1S/C35H42F2N4O2/c1-7-8-9-12-30-23(2)39-31(42)35(30)19-25-14-24(21-38-29(15-25)20-35)11-10-13-41-32(43)33(3,4)40(6)22-34(41,5)26-16-27(36)18-28(37)17-26/h7-12,14,16-18,21,25,29H,13,15,19-20,22H2,1-6H3,(H,39,42). The Kier molecular flexibility index (Phi) is 8.20. The summed E-state index contributed by atoms with van der Waals surface area (Å²) in [6.45, 7) is 10.2. The SMILES string of the molecule is CC=CC=CC1=C(C)NC(=O)C12CC1C=C(C=CCN3C(=O)C(C)(C)N(C)CC3(C)c3cc(F)cc(F)c3)C=NC(C1)C2. The molecular formula is C35H42F2N4O2. The van der Waals surface area contributed by atoms with Gasteiger partial charge in [0.25, 0.3) is 0 Å². The molecule has 0 radical (unpaired) electrons. The summed E-state index contributed by atoms with van der Waals surface area (Å²) in [4.78, 5) is 35.7. The van der Waals surface area contributed by atoms with E-state index in [2.05, 4.69) is 17.5 Å². The molecule has 2 amide bonds. The highest BCUT2D eigenvalue weighted by molar-refractivity contribution is 5.92. The normalized spacial score (nSPS) is 31.2. The lowest BCUT2D eigenvalue weighted by Gasteiger charge is -2.54. The molecule has 0 aromatic heterocycles. The summed E-state index contributed by atoms with van der Waals surface area (Å²) in [5.41, 5.74) is 0.953. The third-order valence-electron chi connectivity index (χ3n) is 9.80. The van der Waals surface area contributed by atoms with Crippen molar-refractivity contribution >= 4 is 18.0 Å². The molecule has 8 heteroatoms. The minimum Gasteiger partial charge on any atom is -0.329 e. The fourth-order valence-electron chi connectivity index (χ4n) is 7.24. The van der Waals surface area contributed by atoms with Gasteiger partial charge in [0.2, 0.25) is 11.8 Å². The highest BCUT2D eigenvalue weighted by Gasteiger charge is 2.52. The Balaban J connectivity index is 1.41. The smallest absolute Gasteiger partial charge is 0.243 e. The number of hydrogen-bond acceptors (Lipinski definition) is 4. The minimum atomic E-state index is -0.944. The number of benzene rings is 1. The number of likely N-dealkylation sites (N-methyl/N-ethyl adjacent to an activating group) is 1. The maximum Gasteiger partial charge on any atom is 0.243 e. The van der Waals surface area contributed by atoms with E-state index >= 15 is 0 Å². The van der Waals surface area contributed by atoms with Crippen LogP contribution in [0.25, 0.3) is 0 Å². The summed E-state index contributed by atoms with van der Waals surface area (Å²) < 4.78 is 28.6. The van der Waals surface area contributed by atoms with Crippen LogP contribution in [0.5, 0.6) is 0 Å². The number of halogens is 2. The predicted octanol–water partition coefficient (Wildman–Crippen LogP) is 5.99. The van der Waals surface area contributed by atoms with Crippen LogP contribution in [0.15, 0.2) is 82.6 Å². The van der Waals surface area contributed by atoms with Crippen molar-refractivity contribution in [2.24, 2.45) is 16.3 Å². The second-order valence-corrected chi connectivity index (χ2v) is 13.1. The molecule has 2 bridgehead atoms. The number of rotatable bonds is 6. The zero-order valence-corrected chi connectivity index (χ0v) is 26.0. The second-order valence-electron chi connectivity index (χ2n) is 13.1. The van der Waals surface area contributed by atoms with E-state index in [1.54, 1.807) is 4.90 Å². The molecule has 1 saturated heterocycles. The molecule has 5 rings (SSSR count). The van der Waals surface area contributed by atoms with Gasteiger partial charge in [-0.25, -0.2) is 8.78 Å². The number of nitrogens with zero attached hydrogens (tertiary/aromatic N) is 3. The Bertz CT molecular complexity index is 1480. The molecule has 4 unspecified atom stereocenters. The van der Waals surface area contributed by atoms with Gasteiger partial charge in [0, 0.05) is 31.1 Å². The molecule has 3 aliphatic heterocycles. The third kappa shape index (κ3) is 5.57. The first-order chi connectivity index (χ1) is 20.3. The van der Waals surface area contributed by atoms with Gasteiger partial charge in [0.15, 0.2) is 0 Å². The summed E-state index contributed by atoms with van der Waals surface area (Å²) in [5, 5.41) is 3.08. The van der Waals surface area contributed by atoms with E-state index in [9.17, 15) is 18.4 Å². The van der Waals surface area contributed by atoms with Gasteiger partial charge in [-0.15, -0.1) is 0 Å². The predicted molar refractivity (Wildman–Crippen MR) is 166 cm³/mol. The summed E-state index contributed by atoms with van der Waals surface area (Å²) in [7, 11) is 1.86. The maximum absolute atomic E-state index is 14.3. The van der Waals surface area contributed by atoms with E-state index in [-0.39, 0.29) is 30.3 Å². The van der Waals surface area contributed by atoms with Gasteiger partial charge in [0.1, 0.15) is 11.6 Å². The van der Waals surface area contributed by atoms with Crippen LogP contribution >= 0.6 is 0 Å². The van der Waals surface area contributed by atoms with Crippen molar-refractivity contribution in [2.75, 3.05) is 20.1 Å². The van der Waals surface area contributed by atoms with Crippen LogP contribution < -0.4 is 5.32 Å². The molecule has 3 heterocycles. The van der Waals surface area contributed by atoms with Crippen molar-refractivity contribution < 1.29 is 18.4 Å². The Morgan fingerprint density at radius 2 is 1.79 bits per heavy atom. The Morgan fingerprint density at radius 1 is 1.07 bits per heavy atom. The van der Waals surface area contributed by atoms with Crippen LogP contribution in [0.3, 0.4) is 0 Å². The zero-order chi connectivity index (χ0) is 31.2. The molecule has 2 fully saturated rings. The summed E-state index contributed by atoms with van der Waals surface area (Å²) in [5.74, 6) is -1.25. The fourth-order valence-corrected chi connectivity index (χ4v) is 7.24. The first-order valence-corrected chi connectivity index (χ1v) is 15.0. The van der Waals surface area contributed by atoms with E-state index in [4.69, 9.17) is 4.99 Å². The monoisotopic (exact) mass is 588 g/mol. The first kappa shape index (κ1) is 30.8. The number of aliphatic imine (C=N–C) groups is 1. The first-order valence-electron chi connectivity index (χ1n) is 15.0. The topological polar surface area (TPSA) is 65.0 Å². The highest BCUT2D eigenvalue weighted by atomic mass is 19.1. The largest absolute Gasteiger partial charge is 0.329 e. The molecule has 228 valence electrons. The maximum atomic E-state index is 14.3. The van der Waals surface area contributed by atoms with Gasteiger partial charge < -0.3 is 10.2 Å². The van der Waals surface area contributed by atoms with Crippen LogP contribution in [0.4, 0.5) is 8.78 Å². The number of allylic oxidation sites excluding steroid dienone is 8. The number of carbonyl (C=O) groups is 2. The van der Waals surface area contributed by atoms with Crippen LogP contribution in [0, 0.1) is 23.0 Å². The van der Waals surface area contributed by atoms with E-state index in [1.807, 2.05) is 83.2 Å². The van der Waals surface area contributed by atoms with E-state index < -0.39 is 28.1 Å². The molecular weight excluding hydrogens is 546 g/mol. The molecule has 1 aliphatic carbocycles. The van der Waals surface area contributed by atoms with Crippen molar-refractivity contribution in [3.05, 3.63) is 94.8 Å². The molecule has 43 heavy (non-hydrogen) atoms. The second kappa shape index (κ2) is 11.5. The van der Waals surface area contributed by atoms with Crippen molar-refractivity contribution in [3.63, 3.8) is 0 Å². The minimum absolute atomic E-state index is 0.0221. The van der Waals surface area contributed by atoms with E-state index in [0.717, 1.165) is 29.3 Å². The van der Waals surface area contributed by atoms with Gasteiger partial charge in [0.05, 0.1) is 22.5 Å². The van der Waals surface area contributed by atoms with Gasteiger partial charge in [-0.05, 0) is 95.7 Å². The number of amides is 2. The lowest BCUT2D eigenvalue weighted by molar-refractivity contribution is -0.159. The van der Waals surface area contributed by atoms with Crippen molar-refractivity contribution in [3.8, 4) is 0 Å². The summed E-state index contributed by atoms with van der Waals surface area (Å²) in [6.07, 6.45) is 18.2. The lowest BCUT2D eigenvalue weighted by atomic mass is 9.64. The Hall–Kier alpha value is -3.65. The van der Waals surface area contributed by atoms with Gasteiger partial charge >= 0.3 is 0 Å². The Labute approximate surface area is 253 Å². The number of fused-ring (bicyclic) bond motifs is 2. The number of carbonyl (C=O) groups excluding carboxylic acids is 2. The highest BCUT2D eigenvalue weighted by Crippen LogP contribution is 2.51. The van der Waals surface area contributed by atoms with Gasteiger partial charge in [-0.2, -0.15) is 0 Å². The number of hydrogen-bond donors (Lipinski definition) is 1. The van der Waals surface area contributed by atoms with Crippen LogP contribution in [0.1, 0.15) is 59.4 Å². The molecule has 1 saturated carbocycles. The average molecular weight is 589 g/mol. The molecule has 4 aliphatic rings. The van der Waals surface area contributed by atoms with Crippen LogP contribution in [-0.2, 0) is 15.1 Å². The van der Waals surface area contributed by atoms with Crippen LogP contribution in [0.2, 0.25) is 0 Å². The molecule has 1 spiro atoms. The zero-order valence-electron chi connectivity index (χ0n) is 26.0. The molecule has 4 atom stereocenters. The molecule has 6 nitrogen and oxygen atoms in total. The molecule has 1 aromatic carbocycles. The summed E-state index contributed by atoms with van der Waals surface area (Å²) in [6, 6.07) is 3.50. The fraction of sp³-hybridized carbons (Fsp3) is 0.457. The summed E-state index contributed by atoms with van der Waals surface area (Å²) >= 11 is 0. The lowest BCUT2D eigenvalue weighted by Crippen LogP contribution is -2.69. The third-order valence-corrected chi connectivity index (χ3v) is 9.80. The van der Waals surface area contributed by atoms with Crippen molar-refractivity contribution in [1.82, 2.24) is 15.1 Å². The number of piperazine rings is 1. The molecule has 1 aromatic rings. The van der Waals surface area contributed by atoms with Crippen molar-refractivity contribution in [2.45, 2.75) is 71.0 Å². The van der Waals surface area contributed by atoms with E-state index in [1.165, 1.54) is 12.1 Å². The van der Waals surface area contributed by atoms with E-state index in [0.29, 0.717) is 24.9 Å².